The lowest BCUT2D eigenvalue weighted by Gasteiger charge is -2.16. The van der Waals surface area contributed by atoms with Crippen molar-refractivity contribution in [2.45, 2.75) is 166 Å². The van der Waals surface area contributed by atoms with Gasteiger partial charge >= 0.3 is 23.9 Å². The lowest BCUT2D eigenvalue weighted by Crippen LogP contribution is -2.45. The molecule has 0 rings (SSSR count). The fraction of sp³-hybridized carbons (Fsp3) is 0.775. The van der Waals surface area contributed by atoms with Crippen LogP contribution in [0.3, 0.4) is 0 Å². The van der Waals surface area contributed by atoms with Crippen molar-refractivity contribution < 1.29 is 73.1 Å². The summed E-state index contributed by atoms with van der Waals surface area (Å²) in [6.45, 7) is 0.968. The van der Waals surface area contributed by atoms with Crippen molar-refractivity contribution in [1.82, 2.24) is 21.3 Å². The molecular weight excluding hydrogens is 776 g/mol. The van der Waals surface area contributed by atoms with Crippen LogP contribution in [0.25, 0.3) is 0 Å². The van der Waals surface area contributed by atoms with Gasteiger partial charge in [-0.3, -0.25) is 24.0 Å². The van der Waals surface area contributed by atoms with E-state index in [4.69, 9.17) is 14.6 Å². The molecule has 19 heteroatoms. The van der Waals surface area contributed by atoms with E-state index in [2.05, 4.69) is 21.3 Å². The summed E-state index contributed by atoms with van der Waals surface area (Å²) in [6, 6.07) is -3.94. The Hall–Kier alpha value is -4.65. The molecule has 0 spiro atoms. The summed E-state index contributed by atoms with van der Waals surface area (Å²) in [4.78, 5) is 105. The Bertz CT molecular complexity index is 1300. The van der Waals surface area contributed by atoms with E-state index in [1.54, 1.807) is 0 Å². The second-order valence-electron chi connectivity index (χ2n) is 14.6. The molecule has 0 aromatic carbocycles. The highest BCUT2D eigenvalue weighted by Crippen LogP contribution is 2.14. The van der Waals surface area contributed by atoms with E-state index < -0.39 is 72.8 Å². The number of carboxylic acid groups (broad SMARTS) is 4. The fourth-order valence-electron chi connectivity index (χ4n) is 5.86. The number of hydrogen-bond acceptors (Lipinski definition) is 11. The van der Waals surface area contributed by atoms with Gasteiger partial charge in [-0.15, -0.1) is 0 Å². The number of carbonyl (C=O) groups is 9. The van der Waals surface area contributed by atoms with Crippen LogP contribution in [-0.2, 0) is 52.6 Å². The van der Waals surface area contributed by atoms with Gasteiger partial charge in [-0.25, -0.2) is 14.4 Å². The Morgan fingerprint density at radius 3 is 1.24 bits per heavy atom. The zero-order valence-corrected chi connectivity index (χ0v) is 34.6. The zero-order valence-electron chi connectivity index (χ0n) is 34.6. The number of ketones is 1. The van der Waals surface area contributed by atoms with Crippen LogP contribution in [0.4, 0.5) is 0 Å². The molecule has 59 heavy (non-hydrogen) atoms. The SMILES string of the molecule is CC(=O)CCC(NC(=O)CCC(NC(=O)COCCOCCNC(=O)CCC(NC(=O)CCCCCCCCCCCCCCCCC(=O)O)C(=O)O)C(=O)O)C(=O)O. The van der Waals surface area contributed by atoms with E-state index in [1.807, 2.05) is 0 Å². The van der Waals surface area contributed by atoms with Crippen molar-refractivity contribution in [1.29, 1.82) is 0 Å². The van der Waals surface area contributed by atoms with Crippen LogP contribution in [-0.4, -0.2) is 125 Å². The molecule has 0 aromatic heterocycles. The van der Waals surface area contributed by atoms with E-state index in [1.165, 1.54) is 39.0 Å². The van der Waals surface area contributed by atoms with Crippen molar-refractivity contribution in [3.8, 4) is 0 Å². The monoisotopic (exact) mass is 844 g/mol. The summed E-state index contributed by atoms with van der Waals surface area (Å²) in [6.07, 6.45) is 14.1. The van der Waals surface area contributed by atoms with E-state index in [0.29, 0.717) is 6.42 Å². The van der Waals surface area contributed by atoms with E-state index >= 15 is 0 Å². The molecule has 3 atom stereocenters. The summed E-state index contributed by atoms with van der Waals surface area (Å²) in [5.74, 6) is -7.27. The van der Waals surface area contributed by atoms with Gasteiger partial charge in [0.15, 0.2) is 0 Å². The molecule has 0 aliphatic heterocycles. The third-order valence-corrected chi connectivity index (χ3v) is 9.22. The van der Waals surface area contributed by atoms with Crippen LogP contribution < -0.4 is 21.3 Å². The molecule has 0 saturated carbocycles. The molecule has 0 fully saturated rings. The summed E-state index contributed by atoms with van der Waals surface area (Å²) in [5, 5.41) is 46.3. The Morgan fingerprint density at radius 2 is 0.797 bits per heavy atom. The van der Waals surface area contributed by atoms with Gasteiger partial charge in [0, 0.05) is 38.6 Å². The van der Waals surface area contributed by atoms with Crippen LogP contribution in [0.5, 0.6) is 0 Å². The molecule has 0 aliphatic rings. The van der Waals surface area contributed by atoms with Gasteiger partial charge in [0.2, 0.25) is 23.6 Å². The molecule has 338 valence electrons. The minimum atomic E-state index is -1.44. The highest BCUT2D eigenvalue weighted by molar-refractivity contribution is 5.87. The Morgan fingerprint density at radius 1 is 0.424 bits per heavy atom. The summed E-state index contributed by atoms with van der Waals surface area (Å²) < 4.78 is 10.5. The van der Waals surface area contributed by atoms with Crippen molar-refractivity contribution in [2.24, 2.45) is 0 Å². The van der Waals surface area contributed by atoms with Crippen molar-refractivity contribution in [3.05, 3.63) is 0 Å². The number of ether oxygens (including phenoxy) is 2. The zero-order chi connectivity index (χ0) is 44.3. The second kappa shape index (κ2) is 35.3. The van der Waals surface area contributed by atoms with Gasteiger partial charge in [0.05, 0.1) is 19.8 Å². The minimum Gasteiger partial charge on any atom is -0.481 e. The first kappa shape index (κ1) is 54.3. The molecular formula is C40H68N4O15. The van der Waals surface area contributed by atoms with Gasteiger partial charge in [0.1, 0.15) is 30.5 Å². The number of Topliss-reactive ketones (excluding diaryl/α,β-unsaturated/α-hetero) is 1. The standard InChI is InChI=1S/C40H68N4O15/c1-29(45)18-19-30(38(52)53)43-35(48)23-21-32(40(56)57)44-36(49)28-59-27-26-58-25-24-41-33(46)22-20-31(39(54)55)42-34(47)16-14-12-10-8-6-4-2-3-5-7-9-11-13-15-17-37(50)51/h30-32H,2-28H2,1H3,(H,41,46)(H,42,47)(H,43,48)(H,44,49)(H,50,51)(H,52,53)(H,54,55)(H,56,57). The quantitative estimate of drug-likeness (QED) is 0.0411. The molecule has 19 nitrogen and oxygen atoms in total. The molecule has 0 aliphatic carbocycles. The summed E-state index contributed by atoms with van der Waals surface area (Å²) in [7, 11) is 0. The maximum absolute atomic E-state index is 12.3. The lowest BCUT2D eigenvalue weighted by molar-refractivity contribution is -0.144. The number of amides is 4. The van der Waals surface area contributed by atoms with Crippen molar-refractivity contribution in [2.75, 3.05) is 33.0 Å². The molecule has 3 unspecified atom stereocenters. The van der Waals surface area contributed by atoms with Gasteiger partial charge in [0.25, 0.3) is 0 Å². The van der Waals surface area contributed by atoms with Crippen LogP contribution in [0.15, 0.2) is 0 Å². The number of carbonyl (C=O) groups excluding carboxylic acids is 5. The topological polar surface area (TPSA) is 301 Å². The van der Waals surface area contributed by atoms with E-state index in [0.717, 1.165) is 51.4 Å². The molecule has 0 heterocycles. The maximum Gasteiger partial charge on any atom is 0.326 e. The number of aliphatic carboxylic acids is 4. The summed E-state index contributed by atoms with van der Waals surface area (Å²) in [5.41, 5.74) is 0. The smallest absolute Gasteiger partial charge is 0.326 e. The predicted octanol–water partition coefficient (Wildman–Crippen LogP) is 3.10. The van der Waals surface area contributed by atoms with Gasteiger partial charge in [-0.2, -0.15) is 0 Å². The largest absolute Gasteiger partial charge is 0.481 e. The van der Waals surface area contributed by atoms with Gasteiger partial charge < -0.3 is 56.0 Å². The van der Waals surface area contributed by atoms with Crippen LogP contribution in [0.2, 0.25) is 0 Å². The van der Waals surface area contributed by atoms with E-state index in [9.17, 15) is 58.5 Å². The number of rotatable bonds is 40. The first-order valence-electron chi connectivity index (χ1n) is 20.8. The van der Waals surface area contributed by atoms with Crippen LogP contribution >= 0.6 is 0 Å². The molecule has 4 amide bonds. The van der Waals surface area contributed by atoms with Crippen LogP contribution in [0, 0.1) is 0 Å². The van der Waals surface area contributed by atoms with Crippen LogP contribution in [0.1, 0.15) is 148 Å². The Labute approximate surface area is 346 Å². The molecule has 0 radical (unpaired) electrons. The number of nitrogens with one attached hydrogen (secondary N) is 4. The second-order valence-corrected chi connectivity index (χ2v) is 14.6. The van der Waals surface area contributed by atoms with Crippen molar-refractivity contribution in [3.63, 3.8) is 0 Å². The maximum atomic E-state index is 12.3. The van der Waals surface area contributed by atoms with E-state index in [-0.39, 0.29) is 83.0 Å². The van der Waals surface area contributed by atoms with Crippen molar-refractivity contribution >= 4 is 53.3 Å². The molecule has 0 bridgehead atoms. The predicted molar refractivity (Wildman–Crippen MR) is 213 cm³/mol. The highest BCUT2D eigenvalue weighted by atomic mass is 16.5. The number of unbranched alkanes of at least 4 members (excludes halogenated alkanes) is 13. The van der Waals surface area contributed by atoms with Gasteiger partial charge in [-0.05, 0) is 39.0 Å². The number of hydrogen-bond donors (Lipinski definition) is 8. The minimum absolute atomic E-state index is 0.0367. The summed E-state index contributed by atoms with van der Waals surface area (Å²) >= 11 is 0. The Kier molecular flexibility index (Phi) is 32.5. The molecule has 0 saturated heterocycles. The number of carboxylic acids is 4. The highest BCUT2D eigenvalue weighted by Gasteiger charge is 2.24. The van der Waals surface area contributed by atoms with Gasteiger partial charge in [-0.1, -0.05) is 77.0 Å². The lowest BCUT2D eigenvalue weighted by atomic mass is 10.0. The fourth-order valence-corrected chi connectivity index (χ4v) is 5.86. The third-order valence-electron chi connectivity index (χ3n) is 9.22. The average molecular weight is 845 g/mol. The average Bonchev–Trinajstić information content (AvgIpc) is 3.16. The first-order valence-corrected chi connectivity index (χ1v) is 20.8. The third kappa shape index (κ3) is 34.0. The first-order chi connectivity index (χ1) is 28.1. The normalized spacial score (nSPS) is 12.4. The Balaban J connectivity index is 4.00. The molecule has 8 N–H and O–H groups in total. The molecule has 0 aromatic rings.